The number of hydrogen-bond donors (Lipinski definition) is 0. The van der Waals surface area contributed by atoms with Gasteiger partial charge >= 0.3 is 93.7 Å². The van der Waals surface area contributed by atoms with E-state index >= 15 is 0 Å². The molecule has 15 heavy (non-hydrogen) atoms. The van der Waals surface area contributed by atoms with Crippen LogP contribution < -0.4 is 12.4 Å². The van der Waals surface area contributed by atoms with Gasteiger partial charge in [0.2, 0.25) is 0 Å². The Balaban J connectivity index is 0.00000196. The SMILES string of the molecule is C[O][Ti+]([O]C)[C]1(C)C=C(C)C(C)=C1C.[Cl-]. The number of rotatable bonds is 3. The third kappa shape index (κ3) is 2.56. The predicted octanol–water partition coefficient (Wildman–Crippen LogP) is 0.206. The van der Waals surface area contributed by atoms with Crippen molar-refractivity contribution >= 4 is 0 Å². The first kappa shape index (κ1) is 15.4. The molecule has 0 aromatic rings. The van der Waals surface area contributed by atoms with Gasteiger partial charge in [0.05, 0.1) is 0 Å². The van der Waals surface area contributed by atoms with Crippen LogP contribution in [-0.2, 0) is 25.3 Å². The summed E-state index contributed by atoms with van der Waals surface area (Å²) in [5, 5.41) is 0. The van der Waals surface area contributed by atoms with Gasteiger partial charge in [0.15, 0.2) is 0 Å². The topological polar surface area (TPSA) is 18.5 Å². The first-order valence-corrected chi connectivity index (χ1v) is 6.86. The van der Waals surface area contributed by atoms with Crippen LogP contribution >= 0.6 is 0 Å². The van der Waals surface area contributed by atoms with Crippen molar-refractivity contribution in [3.8, 4) is 0 Å². The second kappa shape index (κ2) is 5.65. The Morgan fingerprint density at radius 2 is 1.60 bits per heavy atom. The van der Waals surface area contributed by atoms with Crippen LogP contribution in [0.2, 0.25) is 3.72 Å². The average Bonchev–Trinajstić information content (AvgIpc) is 2.33. The van der Waals surface area contributed by atoms with Gasteiger partial charge in [0.25, 0.3) is 0 Å². The number of allylic oxidation sites excluding steroid dienone is 4. The molecule has 1 unspecified atom stereocenters. The van der Waals surface area contributed by atoms with E-state index in [9.17, 15) is 0 Å². The van der Waals surface area contributed by atoms with E-state index in [0.717, 1.165) is 0 Å². The van der Waals surface area contributed by atoms with Crippen molar-refractivity contribution in [2.24, 2.45) is 0 Å². The largest absolute Gasteiger partial charge is 1.00 e. The van der Waals surface area contributed by atoms with Gasteiger partial charge in [-0.3, -0.25) is 0 Å². The second-order valence-corrected chi connectivity index (χ2v) is 7.77. The molecule has 0 aromatic heterocycles. The summed E-state index contributed by atoms with van der Waals surface area (Å²) >= 11 is -1.91. The van der Waals surface area contributed by atoms with E-state index in [1.165, 1.54) is 16.7 Å². The van der Waals surface area contributed by atoms with Crippen LogP contribution in [0, 0.1) is 0 Å². The standard InChI is InChI=1S/C9H13.2CH3O.ClH.Ti/c1-6-5-7(2)9(4)8(6)3;2*1-2;;/h5H,1-4H3;2*1H3;1H;/q;2*-1;;+3/p-1. The smallest absolute Gasteiger partial charge is 1.00 e. The van der Waals surface area contributed by atoms with Crippen LogP contribution in [0.15, 0.2) is 22.8 Å². The Kier molecular flexibility index (Phi) is 5.80. The van der Waals surface area contributed by atoms with Crippen LogP contribution in [0.25, 0.3) is 0 Å². The van der Waals surface area contributed by atoms with Crippen molar-refractivity contribution in [3.63, 3.8) is 0 Å². The fourth-order valence-corrected chi connectivity index (χ4v) is 4.93. The number of halogens is 1. The quantitative estimate of drug-likeness (QED) is 0.680. The number of hydrogen-bond acceptors (Lipinski definition) is 2. The molecule has 0 N–H and O–H groups in total. The molecule has 0 aliphatic heterocycles. The zero-order chi connectivity index (χ0) is 10.9. The zero-order valence-corrected chi connectivity index (χ0v) is 12.6. The summed E-state index contributed by atoms with van der Waals surface area (Å²) < 4.78 is 11.1. The van der Waals surface area contributed by atoms with Gasteiger partial charge in [0, 0.05) is 0 Å². The zero-order valence-electron chi connectivity index (χ0n) is 10.3. The van der Waals surface area contributed by atoms with Crippen LogP contribution in [0.3, 0.4) is 0 Å². The van der Waals surface area contributed by atoms with Gasteiger partial charge in [-0.2, -0.15) is 0 Å². The minimum absolute atomic E-state index is 0. The molecule has 0 aromatic carbocycles. The van der Waals surface area contributed by atoms with Crippen molar-refractivity contribution in [1.82, 2.24) is 0 Å². The molecule has 2 nitrogen and oxygen atoms in total. The summed E-state index contributed by atoms with van der Waals surface area (Å²) in [4.78, 5) is 0. The Bertz CT molecular complexity index is 295. The first-order chi connectivity index (χ1) is 6.47. The van der Waals surface area contributed by atoms with Crippen molar-refractivity contribution in [2.45, 2.75) is 31.4 Å². The molecule has 0 saturated carbocycles. The molecular formula is C11H19ClO2Ti. The first-order valence-electron chi connectivity index (χ1n) is 4.80. The molecule has 1 aliphatic carbocycles. The van der Waals surface area contributed by atoms with E-state index in [1.54, 1.807) is 14.2 Å². The van der Waals surface area contributed by atoms with Crippen LogP contribution in [0.5, 0.6) is 0 Å². The second-order valence-electron chi connectivity index (χ2n) is 3.98. The fraction of sp³-hybridized carbons (Fsp3) is 0.636. The molecule has 0 heterocycles. The molecule has 0 fully saturated rings. The van der Waals surface area contributed by atoms with E-state index in [2.05, 4.69) is 33.8 Å². The molecule has 1 rings (SSSR count). The van der Waals surface area contributed by atoms with Crippen molar-refractivity contribution in [2.75, 3.05) is 14.2 Å². The Morgan fingerprint density at radius 3 is 1.87 bits per heavy atom. The molecule has 1 atom stereocenters. The van der Waals surface area contributed by atoms with Crippen molar-refractivity contribution in [3.05, 3.63) is 22.8 Å². The average molecular weight is 267 g/mol. The van der Waals surface area contributed by atoms with Crippen LogP contribution in [0.1, 0.15) is 27.7 Å². The summed E-state index contributed by atoms with van der Waals surface area (Å²) in [7, 11) is 3.52. The summed E-state index contributed by atoms with van der Waals surface area (Å²) in [6, 6.07) is 0. The molecular weight excluding hydrogens is 247 g/mol. The Morgan fingerprint density at radius 1 is 1.13 bits per heavy atom. The summed E-state index contributed by atoms with van der Waals surface area (Å²) in [5.74, 6) is 0. The monoisotopic (exact) mass is 266 g/mol. The fourth-order valence-electron chi connectivity index (χ4n) is 2.05. The molecule has 0 spiro atoms. The molecule has 4 heteroatoms. The molecule has 86 valence electrons. The van der Waals surface area contributed by atoms with Gasteiger partial charge < -0.3 is 12.4 Å². The Hall–Kier alpha value is 0.404. The summed E-state index contributed by atoms with van der Waals surface area (Å²) in [6.07, 6.45) is 2.31. The maximum absolute atomic E-state index is 5.52. The van der Waals surface area contributed by atoms with Gasteiger partial charge in [-0.25, -0.2) is 0 Å². The van der Waals surface area contributed by atoms with E-state index in [1.807, 2.05) is 0 Å². The maximum atomic E-state index is 5.52. The van der Waals surface area contributed by atoms with E-state index in [0.29, 0.717) is 0 Å². The van der Waals surface area contributed by atoms with Gasteiger partial charge in [-0.15, -0.1) is 0 Å². The minimum Gasteiger partial charge on any atom is -1.00 e. The van der Waals surface area contributed by atoms with E-state index in [4.69, 9.17) is 6.64 Å². The summed E-state index contributed by atoms with van der Waals surface area (Å²) in [5.41, 5.74) is 4.17. The molecule has 1 aliphatic rings. The van der Waals surface area contributed by atoms with Crippen molar-refractivity contribution < 1.29 is 37.7 Å². The van der Waals surface area contributed by atoms with Crippen molar-refractivity contribution in [1.29, 1.82) is 0 Å². The third-order valence-electron chi connectivity index (χ3n) is 3.23. The van der Waals surface area contributed by atoms with E-state index < -0.39 is 18.6 Å². The van der Waals surface area contributed by atoms with E-state index in [-0.39, 0.29) is 16.1 Å². The van der Waals surface area contributed by atoms with Gasteiger partial charge in [0.1, 0.15) is 0 Å². The molecule has 0 radical (unpaired) electrons. The predicted molar refractivity (Wildman–Crippen MR) is 54.5 cm³/mol. The molecule has 0 saturated heterocycles. The maximum Gasteiger partial charge on any atom is -1.00 e. The summed E-state index contributed by atoms with van der Waals surface area (Å²) in [6.45, 7) is 8.75. The minimum atomic E-state index is -1.91. The molecule has 0 bridgehead atoms. The van der Waals surface area contributed by atoms with Crippen LogP contribution in [-0.4, -0.2) is 14.2 Å². The van der Waals surface area contributed by atoms with Gasteiger partial charge in [-0.05, 0) is 0 Å². The molecule has 0 amide bonds. The van der Waals surface area contributed by atoms with Crippen LogP contribution in [0.4, 0.5) is 0 Å². The normalized spacial score (nSPS) is 25.1. The third-order valence-corrected chi connectivity index (χ3v) is 6.53. The Labute approximate surface area is 106 Å². The van der Waals surface area contributed by atoms with Gasteiger partial charge in [-0.1, -0.05) is 0 Å².